The lowest BCUT2D eigenvalue weighted by atomic mass is 10.2. The third kappa shape index (κ3) is 3.08. The maximum absolute atomic E-state index is 11.8. The Morgan fingerprint density at radius 3 is 2.80 bits per heavy atom. The highest BCUT2D eigenvalue weighted by Crippen LogP contribution is 2.25. The first-order valence-corrected chi connectivity index (χ1v) is 10.4. The van der Waals surface area contributed by atoms with Gasteiger partial charge in [-0.3, -0.25) is 0 Å². The molecule has 0 bridgehead atoms. The molecule has 2 aromatic heterocycles. The minimum atomic E-state index is -2.94. The Hall–Kier alpha value is -2.15. The summed E-state index contributed by atoms with van der Waals surface area (Å²) < 4.78 is 27.7. The molecule has 1 aromatic carbocycles. The van der Waals surface area contributed by atoms with Crippen LogP contribution in [0.4, 0.5) is 0 Å². The van der Waals surface area contributed by atoms with Gasteiger partial charge in [0, 0.05) is 24.2 Å². The van der Waals surface area contributed by atoms with Crippen LogP contribution in [-0.4, -0.2) is 39.3 Å². The van der Waals surface area contributed by atoms with Crippen molar-refractivity contribution < 1.29 is 8.42 Å². The molecule has 4 rings (SSSR count). The van der Waals surface area contributed by atoms with E-state index in [0.717, 1.165) is 18.8 Å². The van der Waals surface area contributed by atoms with E-state index in [1.807, 2.05) is 23.7 Å². The fraction of sp³-hybridized carbons (Fsp3) is 0.444. The van der Waals surface area contributed by atoms with Crippen molar-refractivity contribution >= 4 is 20.7 Å². The van der Waals surface area contributed by atoms with E-state index in [-0.39, 0.29) is 17.5 Å². The molecule has 0 amide bonds. The molecule has 1 aliphatic heterocycles. The van der Waals surface area contributed by atoms with Gasteiger partial charge in [-0.1, -0.05) is 18.2 Å². The number of hydrogen-bond acceptors (Lipinski definition) is 4. The molecule has 0 spiro atoms. The molecule has 1 aliphatic rings. The SMILES string of the molecule is Cc1nc(CCn2c(C)cc3ccccc32)n(C2CCS(=O)(=O)C2)n1. The second-order valence-electron chi connectivity index (χ2n) is 6.82. The number of hydrogen-bond donors (Lipinski definition) is 0. The number of para-hydroxylation sites is 1. The summed E-state index contributed by atoms with van der Waals surface area (Å²) >= 11 is 0. The van der Waals surface area contributed by atoms with Crippen molar-refractivity contribution in [1.29, 1.82) is 0 Å². The van der Waals surface area contributed by atoms with Gasteiger partial charge in [0.2, 0.25) is 0 Å². The van der Waals surface area contributed by atoms with Crippen molar-refractivity contribution in [2.75, 3.05) is 11.5 Å². The van der Waals surface area contributed by atoms with Gasteiger partial charge in [-0.2, -0.15) is 5.10 Å². The van der Waals surface area contributed by atoms with Gasteiger partial charge in [-0.25, -0.2) is 18.1 Å². The highest BCUT2D eigenvalue weighted by Gasteiger charge is 2.31. The Morgan fingerprint density at radius 2 is 2.04 bits per heavy atom. The zero-order chi connectivity index (χ0) is 17.6. The highest BCUT2D eigenvalue weighted by atomic mass is 32.2. The van der Waals surface area contributed by atoms with Crippen LogP contribution in [0.15, 0.2) is 30.3 Å². The zero-order valence-electron chi connectivity index (χ0n) is 14.5. The first kappa shape index (κ1) is 16.3. The molecule has 0 aliphatic carbocycles. The van der Waals surface area contributed by atoms with E-state index in [4.69, 9.17) is 0 Å². The molecule has 0 saturated carbocycles. The maximum Gasteiger partial charge on any atom is 0.152 e. The second kappa shape index (κ2) is 5.98. The quantitative estimate of drug-likeness (QED) is 0.718. The van der Waals surface area contributed by atoms with Crippen LogP contribution in [0.3, 0.4) is 0 Å². The van der Waals surface area contributed by atoms with E-state index in [0.29, 0.717) is 12.2 Å². The predicted octanol–water partition coefficient (Wildman–Crippen LogP) is 2.45. The van der Waals surface area contributed by atoms with Gasteiger partial charge in [0.05, 0.1) is 17.5 Å². The molecule has 1 unspecified atom stereocenters. The fourth-order valence-corrected chi connectivity index (χ4v) is 5.45. The van der Waals surface area contributed by atoms with Gasteiger partial charge >= 0.3 is 0 Å². The topological polar surface area (TPSA) is 69.8 Å². The number of rotatable bonds is 4. The van der Waals surface area contributed by atoms with Crippen molar-refractivity contribution in [2.45, 2.75) is 39.3 Å². The van der Waals surface area contributed by atoms with E-state index in [1.165, 1.54) is 16.6 Å². The smallest absolute Gasteiger partial charge is 0.152 e. The molecule has 132 valence electrons. The largest absolute Gasteiger partial charge is 0.344 e. The average molecular weight is 358 g/mol. The molecular formula is C18H22N4O2S. The third-order valence-corrected chi connectivity index (χ3v) is 6.69. The van der Waals surface area contributed by atoms with Crippen molar-refractivity contribution in [3.63, 3.8) is 0 Å². The number of nitrogens with zero attached hydrogens (tertiary/aromatic N) is 4. The summed E-state index contributed by atoms with van der Waals surface area (Å²) in [5, 5.41) is 5.71. The molecule has 6 nitrogen and oxygen atoms in total. The van der Waals surface area contributed by atoms with E-state index in [9.17, 15) is 8.42 Å². The van der Waals surface area contributed by atoms with Crippen LogP contribution in [0.1, 0.15) is 29.8 Å². The second-order valence-corrected chi connectivity index (χ2v) is 9.05. The van der Waals surface area contributed by atoms with E-state index >= 15 is 0 Å². The van der Waals surface area contributed by atoms with Crippen LogP contribution in [0.5, 0.6) is 0 Å². The standard InChI is InChI=1S/C18H22N4O2S/c1-13-11-15-5-3-4-6-17(15)21(13)9-7-18-19-14(2)20-22(18)16-8-10-25(23,24)12-16/h3-6,11,16H,7-10,12H2,1-2H3. The minimum Gasteiger partial charge on any atom is -0.344 e. The van der Waals surface area contributed by atoms with Crippen LogP contribution in [0, 0.1) is 13.8 Å². The Labute approximate surface area is 147 Å². The number of sulfone groups is 1. The van der Waals surface area contributed by atoms with Crippen LogP contribution < -0.4 is 0 Å². The predicted molar refractivity (Wildman–Crippen MR) is 97.4 cm³/mol. The number of aryl methyl sites for hydroxylation is 4. The summed E-state index contributed by atoms with van der Waals surface area (Å²) in [6.45, 7) is 4.77. The molecule has 1 atom stereocenters. The number of benzene rings is 1. The Kier molecular flexibility index (Phi) is 3.91. The average Bonchev–Trinajstić information content (AvgIpc) is 3.20. The molecular weight excluding hydrogens is 336 g/mol. The molecule has 1 fully saturated rings. The van der Waals surface area contributed by atoms with Crippen LogP contribution in [0.2, 0.25) is 0 Å². The van der Waals surface area contributed by atoms with E-state index in [2.05, 4.69) is 39.8 Å². The Bertz CT molecular complexity index is 1030. The summed E-state index contributed by atoms with van der Waals surface area (Å²) in [6.07, 6.45) is 1.36. The fourth-order valence-electron chi connectivity index (χ4n) is 3.76. The monoisotopic (exact) mass is 358 g/mol. The zero-order valence-corrected chi connectivity index (χ0v) is 15.3. The Balaban J connectivity index is 1.60. The normalized spacial score (nSPS) is 19.7. The molecule has 3 heterocycles. The first-order valence-electron chi connectivity index (χ1n) is 8.60. The van der Waals surface area contributed by atoms with Crippen molar-refractivity contribution in [2.24, 2.45) is 0 Å². The summed E-state index contributed by atoms with van der Waals surface area (Å²) in [5.74, 6) is 2.00. The van der Waals surface area contributed by atoms with E-state index < -0.39 is 9.84 Å². The first-order chi connectivity index (χ1) is 11.9. The summed E-state index contributed by atoms with van der Waals surface area (Å²) in [4.78, 5) is 4.56. The summed E-state index contributed by atoms with van der Waals surface area (Å²) in [6, 6.07) is 10.5. The van der Waals surface area contributed by atoms with Crippen LogP contribution in [-0.2, 0) is 22.8 Å². The molecule has 0 radical (unpaired) electrons. The lowest BCUT2D eigenvalue weighted by Gasteiger charge is -2.13. The van der Waals surface area contributed by atoms with Gasteiger partial charge in [0.15, 0.2) is 9.84 Å². The van der Waals surface area contributed by atoms with E-state index in [1.54, 1.807) is 0 Å². The Morgan fingerprint density at radius 1 is 1.24 bits per heavy atom. The van der Waals surface area contributed by atoms with Gasteiger partial charge in [0.25, 0.3) is 0 Å². The van der Waals surface area contributed by atoms with Gasteiger partial charge in [0.1, 0.15) is 11.6 Å². The summed E-state index contributed by atoms with van der Waals surface area (Å²) in [7, 11) is -2.94. The van der Waals surface area contributed by atoms with Crippen molar-refractivity contribution in [3.05, 3.63) is 47.7 Å². The molecule has 25 heavy (non-hydrogen) atoms. The third-order valence-electron chi connectivity index (χ3n) is 4.94. The molecule has 1 saturated heterocycles. The van der Waals surface area contributed by atoms with Gasteiger partial charge in [-0.05, 0) is 37.8 Å². The van der Waals surface area contributed by atoms with Crippen LogP contribution in [0.25, 0.3) is 10.9 Å². The van der Waals surface area contributed by atoms with Gasteiger partial charge in [-0.15, -0.1) is 0 Å². The van der Waals surface area contributed by atoms with Crippen LogP contribution >= 0.6 is 0 Å². The number of fused-ring (bicyclic) bond motifs is 1. The van der Waals surface area contributed by atoms with Gasteiger partial charge < -0.3 is 4.57 Å². The highest BCUT2D eigenvalue weighted by molar-refractivity contribution is 7.91. The lowest BCUT2D eigenvalue weighted by Crippen LogP contribution is -2.17. The van der Waals surface area contributed by atoms with Crippen molar-refractivity contribution in [1.82, 2.24) is 19.3 Å². The van der Waals surface area contributed by atoms with Crippen molar-refractivity contribution in [3.8, 4) is 0 Å². The molecule has 7 heteroatoms. The number of aromatic nitrogens is 4. The maximum atomic E-state index is 11.8. The molecule has 0 N–H and O–H groups in total. The minimum absolute atomic E-state index is 0.0799. The molecule has 3 aromatic rings. The summed E-state index contributed by atoms with van der Waals surface area (Å²) in [5.41, 5.74) is 2.43. The lowest BCUT2D eigenvalue weighted by molar-refractivity contribution is 0.468.